The Labute approximate surface area is 46.0 Å². The van der Waals surface area contributed by atoms with E-state index < -0.39 is 5.91 Å². The van der Waals surface area contributed by atoms with Gasteiger partial charge in [0.25, 0.3) is 5.91 Å². The minimum atomic E-state index is -0.718. The van der Waals surface area contributed by atoms with Crippen LogP contribution in [0.3, 0.4) is 0 Å². The van der Waals surface area contributed by atoms with Crippen molar-refractivity contribution in [3.05, 3.63) is 0 Å². The smallest absolute Gasteiger partial charge is 0.261 e. The van der Waals surface area contributed by atoms with Crippen LogP contribution in [0.2, 0.25) is 0 Å². The van der Waals surface area contributed by atoms with E-state index in [9.17, 15) is 4.79 Å². The highest BCUT2D eigenvalue weighted by Crippen LogP contribution is 1.64. The maximum Gasteiger partial charge on any atom is 0.261 e. The highest BCUT2D eigenvalue weighted by molar-refractivity contribution is 7.83. The average molecular weight is 116 g/mol. The third kappa shape index (κ3) is 1.99. The Morgan fingerprint density at radius 2 is 2.29 bits per heavy atom. The largest absolute Gasteiger partial charge is 0.365 e. The monoisotopic (exact) mass is 116 g/mol. The van der Waals surface area contributed by atoms with Gasteiger partial charge in [0.05, 0.1) is 0 Å². The summed E-state index contributed by atoms with van der Waals surface area (Å²) in [6.45, 7) is 0. The zero-order chi connectivity index (χ0) is 5.86. The molecule has 38 valence electrons. The van der Waals surface area contributed by atoms with E-state index in [2.05, 4.69) is 18.0 Å². The molecule has 0 unspecified atom stereocenters. The molecule has 0 fully saturated rings. The first-order valence-electron chi connectivity index (χ1n) is 1.52. The molecule has 3 nitrogen and oxygen atoms in total. The topological polar surface area (TPSA) is 66.9 Å². The molecule has 0 saturated heterocycles. The zero-order valence-corrected chi connectivity index (χ0v) is 4.29. The third-order valence-corrected chi connectivity index (χ3v) is 0.693. The summed E-state index contributed by atoms with van der Waals surface area (Å²) in [6.07, 6.45) is 0.748. The second kappa shape index (κ2) is 2.41. The van der Waals surface area contributed by atoms with Crippen molar-refractivity contribution in [2.75, 3.05) is 0 Å². The first kappa shape index (κ1) is 6.23. The summed E-state index contributed by atoms with van der Waals surface area (Å²) in [6, 6.07) is 0. The van der Waals surface area contributed by atoms with E-state index in [0.29, 0.717) is 0 Å². The fourth-order valence-electron chi connectivity index (χ4n) is 0.0711. The van der Waals surface area contributed by atoms with Gasteiger partial charge in [0.2, 0.25) is 0 Å². The molecule has 0 bridgehead atoms. The van der Waals surface area contributed by atoms with Gasteiger partial charge in [-0.25, -0.2) is 0 Å². The van der Waals surface area contributed by atoms with Crippen LogP contribution < -0.4 is 5.73 Å². The molecule has 0 aromatic carbocycles. The molecule has 4 heteroatoms. The number of hydrogen-bond acceptors (Lipinski definition) is 3. The Hall–Kier alpha value is -0.770. The lowest BCUT2D eigenvalue weighted by molar-refractivity contribution is -0.111. The predicted molar refractivity (Wildman–Crippen MR) is 30.6 cm³/mol. The van der Waals surface area contributed by atoms with Crippen LogP contribution in [0, 0.1) is 5.41 Å². The average Bonchev–Trinajstić information content (AvgIpc) is 1.65. The van der Waals surface area contributed by atoms with Gasteiger partial charge in [-0.2, -0.15) is 0 Å². The molecule has 0 aliphatic heterocycles. The normalized spacial score (nSPS) is 7.43. The fraction of sp³-hybridized carbons (Fsp3) is 0. The lowest BCUT2D eigenvalue weighted by Gasteiger charge is -1.80. The van der Waals surface area contributed by atoms with Crippen LogP contribution in [0.25, 0.3) is 0 Å². The van der Waals surface area contributed by atoms with Gasteiger partial charge in [0, 0.05) is 6.21 Å². The molecule has 3 N–H and O–H groups in total. The number of nitrogens with two attached hydrogens (primary N) is 1. The predicted octanol–water partition coefficient (Wildman–Crippen LogP) is -0.509. The Bertz CT molecular complexity index is 120. The first-order chi connectivity index (χ1) is 3.18. The molecule has 0 aromatic rings. The number of thiocarbonyl (C=S) groups is 1. The summed E-state index contributed by atoms with van der Waals surface area (Å²) in [5.74, 6) is -0.718. The van der Waals surface area contributed by atoms with Crippen LogP contribution in [-0.4, -0.2) is 17.0 Å². The van der Waals surface area contributed by atoms with Gasteiger partial charge in [-0.05, 0) is 0 Å². The standard InChI is InChI=1S/C3H4N2OS/c4-1-2(7)3(5)6/h1,4H,(H2,5,6). The maximum atomic E-state index is 9.86. The lowest BCUT2D eigenvalue weighted by Crippen LogP contribution is -2.21. The Kier molecular flexibility index (Phi) is 2.15. The molecule has 0 saturated carbocycles. The molecule has 0 aliphatic rings. The van der Waals surface area contributed by atoms with Crippen molar-refractivity contribution in [1.29, 1.82) is 5.41 Å². The van der Waals surface area contributed by atoms with Crippen molar-refractivity contribution in [1.82, 2.24) is 0 Å². The second-order valence-electron chi connectivity index (χ2n) is 0.873. The lowest BCUT2D eigenvalue weighted by atomic mass is 10.4. The minimum absolute atomic E-state index is 0.139. The van der Waals surface area contributed by atoms with Crippen LogP contribution in [0.15, 0.2) is 0 Å². The summed E-state index contributed by atoms with van der Waals surface area (Å²) in [7, 11) is 0. The van der Waals surface area contributed by atoms with E-state index in [4.69, 9.17) is 5.41 Å². The maximum absolute atomic E-state index is 9.86. The molecule has 0 heterocycles. The van der Waals surface area contributed by atoms with E-state index in [0.717, 1.165) is 6.21 Å². The van der Waals surface area contributed by atoms with Crippen LogP contribution >= 0.6 is 12.2 Å². The quantitative estimate of drug-likeness (QED) is 0.377. The summed E-state index contributed by atoms with van der Waals surface area (Å²) in [5.41, 5.74) is 4.62. The van der Waals surface area contributed by atoms with Crippen LogP contribution in [0.1, 0.15) is 0 Å². The van der Waals surface area contributed by atoms with Crippen molar-refractivity contribution in [2.24, 2.45) is 5.73 Å². The highest BCUT2D eigenvalue weighted by Gasteiger charge is 1.94. The van der Waals surface area contributed by atoms with Gasteiger partial charge in [-0.15, -0.1) is 0 Å². The fourth-order valence-corrected chi connectivity index (χ4v) is 0.0711. The second-order valence-corrected chi connectivity index (χ2v) is 1.31. The van der Waals surface area contributed by atoms with Crippen LogP contribution in [0.4, 0.5) is 0 Å². The Morgan fingerprint density at radius 1 is 1.86 bits per heavy atom. The molecule has 7 heavy (non-hydrogen) atoms. The molecule has 0 atom stereocenters. The summed E-state index contributed by atoms with van der Waals surface area (Å²) < 4.78 is 0. The van der Waals surface area contributed by atoms with Crippen molar-refractivity contribution >= 4 is 29.2 Å². The van der Waals surface area contributed by atoms with Gasteiger partial charge >= 0.3 is 0 Å². The molecule has 0 aliphatic carbocycles. The summed E-state index contributed by atoms with van der Waals surface area (Å²) in [5, 5.41) is 6.37. The Morgan fingerprint density at radius 3 is 2.29 bits per heavy atom. The van der Waals surface area contributed by atoms with Crippen LogP contribution in [0.5, 0.6) is 0 Å². The van der Waals surface area contributed by atoms with Gasteiger partial charge in [-0.1, -0.05) is 12.2 Å². The third-order valence-electron chi connectivity index (χ3n) is 0.374. The van der Waals surface area contributed by atoms with Crippen LogP contribution in [-0.2, 0) is 4.79 Å². The molecule has 0 aromatic heterocycles. The molecule has 1 amide bonds. The highest BCUT2D eigenvalue weighted by atomic mass is 32.1. The van der Waals surface area contributed by atoms with Crippen molar-refractivity contribution in [2.45, 2.75) is 0 Å². The summed E-state index contributed by atoms with van der Waals surface area (Å²) >= 11 is 4.26. The first-order valence-corrected chi connectivity index (χ1v) is 1.93. The number of carbonyl (C=O) groups excluding carboxylic acids is 1. The van der Waals surface area contributed by atoms with Crippen molar-refractivity contribution in [3.8, 4) is 0 Å². The molecule has 0 rings (SSSR count). The molecule has 0 radical (unpaired) electrons. The number of nitrogens with one attached hydrogen (secondary N) is 1. The number of hydrogen-bond donors (Lipinski definition) is 2. The van der Waals surface area contributed by atoms with E-state index in [1.807, 2.05) is 0 Å². The molecular formula is C3H4N2OS. The van der Waals surface area contributed by atoms with Gasteiger partial charge in [0.1, 0.15) is 4.86 Å². The number of carbonyl (C=O) groups is 1. The van der Waals surface area contributed by atoms with Crippen molar-refractivity contribution in [3.63, 3.8) is 0 Å². The number of primary amides is 1. The molecular weight excluding hydrogens is 112 g/mol. The van der Waals surface area contributed by atoms with Crippen molar-refractivity contribution < 1.29 is 4.79 Å². The molecule has 0 spiro atoms. The Balaban J connectivity index is 3.81. The number of amides is 1. The van der Waals surface area contributed by atoms with E-state index in [1.165, 1.54) is 0 Å². The van der Waals surface area contributed by atoms with E-state index >= 15 is 0 Å². The van der Waals surface area contributed by atoms with Gasteiger partial charge in [0.15, 0.2) is 0 Å². The van der Waals surface area contributed by atoms with Gasteiger partial charge in [-0.3, -0.25) is 4.79 Å². The van der Waals surface area contributed by atoms with Gasteiger partial charge < -0.3 is 11.1 Å². The van der Waals surface area contributed by atoms with E-state index in [1.54, 1.807) is 0 Å². The van der Waals surface area contributed by atoms with E-state index in [-0.39, 0.29) is 4.86 Å². The summed E-state index contributed by atoms with van der Waals surface area (Å²) in [4.78, 5) is 9.72. The number of rotatable bonds is 2. The SMILES string of the molecule is N=CC(=S)C(N)=O. The minimum Gasteiger partial charge on any atom is -0.365 e. The zero-order valence-electron chi connectivity index (χ0n) is 3.47.